The third-order valence-electron chi connectivity index (χ3n) is 2.14. The van der Waals surface area contributed by atoms with Crippen molar-refractivity contribution in [2.24, 2.45) is 5.92 Å². The second-order valence-corrected chi connectivity index (χ2v) is 3.28. The first kappa shape index (κ1) is 12.3. The highest BCUT2D eigenvalue weighted by molar-refractivity contribution is 6.00. The van der Waals surface area contributed by atoms with Crippen LogP contribution in [-0.2, 0) is 16.0 Å². The number of carboxylic acids is 1. The zero-order chi connectivity index (χ0) is 12.1. The van der Waals surface area contributed by atoms with E-state index in [1.165, 1.54) is 0 Å². The average molecular weight is 228 g/mol. The number of carbonyl (C=O) groups is 2. The standard InChI is InChI=1S/C11H10F2O3/c12-10(13)9(14)8(11(15)16)6-7-4-2-1-3-5-7/h1-5,8,10H,6H2,(H,15,16). The van der Waals surface area contributed by atoms with Crippen LogP contribution in [0.1, 0.15) is 5.56 Å². The van der Waals surface area contributed by atoms with Gasteiger partial charge in [-0.05, 0) is 12.0 Å². The number of hydrogen-bond acceptors (Lipinski definition) is 2. The van der Waals surface area contributed by atoms with Gasteiger partial charge in [-0.3, -0.25) is 9.59 Å². The van der Waals surface area contributed by atoms with E-state index in [1.54, 1.807) is 30.3 Å². The summed E-state index contributed by atoms with van der Waals surface area (Å²) >= 11 is 0. The third kappa shape index (κ3) is 3.12. The van der Waals surface area contributed by atoms with Crippen molar-refractivity contribution in [2.45, 2.75) is 12.8 Å². The van der Waals surface area contributed by atoms with Gasteiger partial charge in [-0.1, -0.05) is 30.3 Å². The summed E-state index contributed by atoms with van der Waals surface area (Å²) in [4.78, 5) is 21.7. The molecule has 1 aromatic carbocycles. The third-order valence-corrected chi connectivity index (χ3v) is 2.14. The molecule has 86 valence electrons. The predicted octanol–water partition coefficient (Wildman–Crippen LogP) is 1.76. The van der Waals surface area contributed by atoms with Gasteiger partial charge in [0, 0.05) is 0 Å². The lowest BCUT2D eigenvalue weighted by atomic mass is 9.95. The summed E-state index contributed by atoms with van der Waals surface area (Å²) in [5.74, 6) is -4.74. The van der Waals surface area contributed by atoms with Crippen molar-refractivity contribution in [2.75, 3.05) is 0 Å². The Hall–Kier alpha value is -1.78. The highest BCUT2D eigenvalue weighted by atomic mass is 19.3. The second kappa shape index (κ2) is 5.34. The Bertz CT molecular complexity index is 376. The van der Waals surface area contributed by atoms with Crippen LogP contribution in [0.15, 0.2) is 30.3 Å². The number of aliphatic carboxylic acids is 1. The van der Waals surface area contributed by atoms with Gasteiger partial charge in [0.25, 0.3) is 6.43 Å². The number of rotatable bonds is 5. The maximum atomic E-state index is 12.1. The van der Waals surface area contributed by atoms with E-state index >= 15 is 0 Å². The molecule has 0 saturated heterocycles. The molecule has 0 radical (unpaired) electrons. The fourth-order valence-electron chi connectivity index (χ4n) is 1.31. The fourth-order valence-corrected chi connectivity index (χ4v) is 1.31. The zero-order valence-corrected chi connectivity index (χ0v) is 8.27. The molecule has 16 heavy (non-hydrogen) atoms. The molecular weight excluding hydrogens is 218 g/mol. The van der Waals surface area contributed by atoms with Crippen molar-refractivity contribution in [1.29, 1.82) is 0 Å². The van der Waals surface area contributed by atoms with Crippen molar-refractivity contribution >= 4 is 11.8 Å². The number of halogens is 2. The van der Waals surface area contributed by atoms with E-state index in [0.717, 1.165) is 0 Å². The van der Waals surface area contributed by atoms with Gasteiger partial charge in [-0.2, -0.15) is 0 Å². The number of hydrogen-bond donors (Lipinski definition) is 1. The normalized spacial score (nSPS) is 12.4. The minimum absolute atomic E-state index is 0.209. The smallest absolute Gasteiger partial charge is 0.314 e. The molecule has 1 unspecified atom stereocenters. The monoisotopic (exact) mass is 228 g/mol. The van der Waals surface area contributed by atoms with Crippen LogP contribution in [0.4, 0.5) is 8.78 Å². The Morgan fingerprint density at radius 2 is 1.75 bits per heavy atom. The van der Waals surface area contributed by atoms with Crippen molar-refractivity contribution in [3.05, 3.63) is 35.9 Å². The topological polar surface area (TPSA) is 54.4 Å². The number of benzene rings is 1. The van der Waals surface area contributed by atoms with Crippen LogP contribution in [0.2, 0.25) is 0 Å². The van der Waals surface area contributed by atoms with Gasteiger partial charge >= 0.3 is 5.97 Å². The first-order chi connectivity index (χ1) is 7.52. The molecule has 0 aromatic heterocycles. The number of alkyl halides is 2. The van der Waals surface area contributed by atoms with Gasteiger partial charge in [0.2, 0.25) is 5.78 Å². The lowest BCUT2D eigenvalue weighted by Gasteiger charge is -2.10. The highest BCUT2D eigenvalue weighted by Gasteiger charge is 2.32. The lowest BCUT2D eigenvalue weighted by molar-refractivity contribution is -0.150. The molecule has 1 aromatic rings. The molecule has 0 bridgehead atoms. The first-order valence-corrected chi connectivity index (χ1v) is 4.61. The maximum absolute atomic E-state index is 12.1. The Labute approximate surface area is 90.7 Å². The Morgan fingerprint density at radius 3 is 2.19 bits per heavy atom. The Kier molecular flexibility index (Phi) is 4.10. The van der Waals surface area contributed by atoms with E-state index in [2.05, 4.69) is 0 Å². The van der Waals surface area contributed by atoms with E-state index in [4.69, 9.17) is 5.11 Å². The molecule has 3 nitrogen and oxygen atoms in total. The van der Waals surface area contributed by atoms with Gasteiger partial charge in [-0.15, -0.1) is 0 Å². The number of ketones is 1. The van der Waals surface area contributed by atoms with E-state index < -0.39 is 24.1 Å². The molecule has 0 aliphatic heterocycles. The zero-order valence-electron chi connectivity index (χ0n) is 8.27. The molecule has 0 aliphatic carbocycles. The Morgan fingerprint density at radius 1 is 1.19 bits per heavy atom. The SMILES string of the molecule is O=C(O)C(Cc1ccccc1)C(=O)C(F)F. The summed E-state index contributed by atoms with van der Waals surface area (Å²) in [6.07, 6.45) is -3.45. The second-order valence-electron chi connectivity index (χ2n) is 3.28. The summed E-state index contributed by atoms with van der Waals surface area (Å²) in [6.45, 7) is 0. The summed E-state index contributed by atoms with van der Waals surface area (Å²) in [6, 6.07) is 8.21. The molecule has 0 aliphatic rings. The number of Topliss-reactive ketones (excluding diaryl/α,β-unsaturated/α-hetero) is 1. The molecule has 0 saturated carbocycles. The van der Waals surface area contributed by atoms with Gasteiger partial charge in [0.05, 0.1) is 0 Å². The molecule has 0 spiro atoms. The Balaban J connectivity index is 2.81. The van der Waals surface area contributed by atoms with E-state index in [0.29, 0.717) is 5.56 Å². The predicted molar refractivity (Wildman–Crippen MR) is 52.3 cm³/mol. The first-order valence-electron chi connectivity index (χ1n) is 4.61. The largest absolute Gasteiger partial charge is 0.481 e. The van der Waals surface area contributed by atoms with E-state index in [-0.39, 0.29) is 6.42 Å². The van der Waals surface area contributed by atoms with Crippen LogP contribution >= 0.6 is 0 Å². The quantitative estimate of drug-likeness (QED) is 0.781. The van der Waals surface area contributed by atoms with Crippen LogP contribution in [0.25, 0.3) is 0 Å². The average Bonchev–Trinajstić information content (AvgIpc) is 2.26. The minimum Gasteiger partial charge on any atom is -0.481 e. The van der Waals surface area contributed by atoms with Crippen LogP contribution in [-0.4, -0.2) is 23.3 Å². The van der Waals surface area contributed by atoms with Gasteiger partial charge < -0.3 is 5.11 Å². The molecule has 5 heteroatoms. The molecule has 1 atom stereocenters. The van der Waals surface area contributed by atoms with Gasteiger partial charge in [-0.25, -0.2) is 8.78 Å². The van der Waals surface area contributed by atoms with E-state index in [9.17, 15) is 18.4 Å². The molecule has 0 fully saturated rings. The fraction of sp³-hybridized carbons (Fsp3) is 0.273. The highest BCUT2D eigenvalue weighted by Crippen LogP contribution is 2.14. The maximum Gasteiger partial charge on any atom is 0.314 e. The molecule has 0 amide bonds. The number of carboxylic acid groups (broad SMARTS) is 1. The summed E-state index contributed by atoms with van der Waals surface area (Å²) < 4.78 is 24.3. The van der Waals surface area contributed by atoms with Crippen LogP contribution < -0.4 is 0 Å². The molecule has 1 rings (SSSR count). The molecule has 0 heterocycles. The van der Waals surface area contributed by atoms with Crippen LogP contribution in [0.3, 0.4) is 0 Å². The minimum atomic E-state index is -3.25. The lowest BCUT2D eigenvalue weighted by Crippen LogP contribution is -2.30. The van der Waals surface area contributed by atoms with Crippen molar-refractivity contribution in [1.82, 2.24) is 0 Å². The molecule has 1 N–H and O–H groups in total. The van der Waals surface area contributed by atoms with Gasteiger partial charge in [0.1, 0.15) is 5.92 Å². The van der Waals surface area contributed by atoms with Crippen LogP contribution in [0, 0.1) is 5.92 Å². The summed E-state index contributed by atoms with van der Waals surface area (Å²) in [5.41, 5.74) is 0.545. The van der Waals surface area contributed by atoms with Crippen molar-refractivity contribution < 1.29 is 23.5 Å². The number of carbonyl (C=O) groups excluding carboxylic acids is 1. The van der Waals surface area contributed by atoms with Crippen LogP contribution in [0.5, 0.6) is 0 Å². The van der Waals surface area contributed by atoms with E-state index in [1.807, 2.05) is 0 Å². The molecular formula is C11H10F2O3. The summed E-state index contributed by atoms with van der Waals surface area (Å²) in [7, 11) is 0. The van der Waals surface area contributed by atoms with Crippen molar-refractivity contribution in [3.8, 4) is 0 Å². The van der Waals surface area contributed by atoms with Crippen molar-refractivity contribution in [3.63, 3.8) is 0 Å². The summed E-state index contributed by atoms with van der Waals surface area (Å²) in [5, 5.41) is 8.70. The van der Waals surface area contributed by atoms with Gasteiger partial charge in [0.15, 0.2) is 0 Å².